The third kappa shape index (κ3) is 3.90. The predicted octanol–water partition coefficient (Wildman–Crippen LogP) is -2.13. The second-order valence-corrected chi connectivity index (χ2v) is 4.41. The van der Waals surface area contributed by atoms with Crippen LogP contribution in [0.2, 0.25) is 0 Å². The SMILES string of the molecule is O=S(=O)([O-])C1CCCCC1.[Na+]. The molecule has 0 unspecified atom stereocenters. The molecule has 0 aromatic heterocycles. The van der Waals surface area contributed by atoms with E-state index in [1.165, 1.54) is 0 Å². The molecule has 0 saturated heterocycles. The molecule has 1 aliphatic carbocycles. The Morgan fingerprint density at radius 1 is 1.09 bits per heavy atom. The molecule has 1 rings (SSSR count). The zero-order valence-electron chi connectivity index (χ0n) is 6.75. The van der Waals surface area contributed by atoms with E-state index >= 15 is 0 Å². The molecule has 0 N–H and O–H groups in total. The molecule has 0 heterocycles. The summed E-state index contributed by atoms with van der Waals surface area (Å²) in [6.07, 6.45) is 4.02. The van der Waals surface area contributed by atoms with Crippen molar-refractivity contribution in [2.75, 3.05) is 0 Å². The molecular weight excluding hydrogens is 175 g/mol. The van der Waals surface area contributed by atoms with Crippen LogP contribution in [0.3, 0.4) is 0 Å². The normalized spacial score (nSPS) is 20.8. The fourth-order valence-electron chi connectivity index (χ4n) is 1.35. The van der Waals surface area contributed by atoms with Gasteiger partial charge in [0, 0.05) is 5.25 Å². The molecular formula is C6H11NaO3S. The third-order valence-electron chi connectivity index (χ3n) is 1.96. The van der Waals surface area contributed by atoms with Gasteiger partial charge in [-0.25, -0.2) is 8.42 Å². The maximum atomic E-state index is 10.4. The molecule has 5 heteroatoms. The quantitative estimate of drug-likeness (QED) is 0.347. The Hall–Kier alpha value is 0.910. The van der Waals surface area contributed by atoms with Crippen LogP contribution in [-0.2, 0) is 10.1 Å². The molecule has 1 aliphatic rings. The average Bonchev–Trinajstić information content (AvgIpc) is 1.88. The van der Waals surface area contributed by atoms with Gasteiger partial charge in [0.2, 0.25) is 0 Å². The van der Waals surface area contributed by atoms with Crippen LogP contribution in [0.1, 0.15) is 32.1 Å². The fourth-order valence-corrected chi connectivity index (χ4v) is 2.26. The molecule has 60 valence electrons. The minimum absolute atomic E-state index is 0. The van der Waals surface area contributed by atoms with Crippen molar-refractivity contribution < 1.29 is 42.5 Å². The zero-order valence-corrected chi connectivity index (χ0v) is 9.56. The van der Waals surface area contributed by atoms with Gasteiger partial charge in [0.05, 0.1) is 10.1 Å². The Morgan fingerprint density at radius 3 is 1.82 bits per heavy atom. The van der Waals surface area contributed by atoms with Gasteiger partial charge in [0.15, 0.2) is 0 Å². The van der Waals surface area contributed by atoms with E-state index in [1.807, 2.05) is 0 Å². The van der Waals surface area contributed by atoms with Crippen molar-refractivity contribution in [3.05, 3.63) is 0 Å². The van der Waals surface area contributed by atoms with Gasteiger partial charge in [-0.1, -0.05) is 19.3 Å². The molecule has 0 amide bonds. The van der Waals surface area contributed by atoms with Gasteiger partial charge in [0.1, 0.15) is 0 Å². The predicted molar refractivity (Wildman–Crippen MR) is 36.6 cm³/mol. The minimum Gasteiger partial charge on any atom is -0.748 e. The summed E-state index contributed by atoms with van der Waals surface area (Å²) in [5.41, 5.74) is 0. The van der Waals surface area contributed by atoms with Gasteiger partial charge in [-0.05, 0) is 12.8 Å². The Labute approximate surface area is 89.6 Å². The van der Waals surface area contributed by atoms with Gasteiger partial charge in [0.25, 0.3) is 0 Å². The van der Waals surface area contributed by atoms with Crippen molar-refractivity contribution in [2.24, 2.45) is 0 Å². The van der Waals surface area contributed by atoms with Crippen molar-refractivity contribution in [2.45, 2.75) is 37.4 Å². The Morgan fingerprint density at radius 2 is 1.55 bits per heavy atom. The molecule has 1 fully saturated rings. The summed E-state index contributed by atoms with van der Waals surface area (Å²) in [6.45, 7) is 0. The van der Waals surface area contributed by atoms with E-state index in [1.54, 1.807) is 0 Å². The maximum absolute atomic E-state index is 10.4. The molecule has 0 aromatic carbocycles. The van der Waals surface area contributed by atoms with Crippen molar-refractivity contribution in [3.63, 3.8) is 0 Å². The van der Waals surface area contributed by atoms with Crippen molar-refractivity contribution in [1.29, 1.82) is 0 Å². The van der Waals surface area contributed by atoms with E-state index in [2.05, 4.69) is 0 Å². The topological polar surface area (TPSA) is 57.2 Å². The van der Waals surface area contributed by atoms with Crippen LogP contribution in [-0.4, -0.2) is 18.2 Å². The molecule has 0 aromatic rings. The van der Waals surface area contributed by atoms with Crippen LogP contribution in [0.5, 0.6) is 0 Å². The fraction of sp³-hybridized carbons (Fsp3) is 1.00. The largest absolute Gasteiger partial charge is 1.00 e. The van der Waals surface area contributed by atoms with E-state index in [4.69, 9.17) is 0 Å². The van der Waals surface area contributed by atoms with E-state index in [-0.39, 0.29) is 29.6 Å². The Balaban J connectivity index is 0.000001000. The minimum atomic E-state index is -3.98. The van der Waals surface area contributed by atoms with Gasteiger partial charge < -0.3 is 4.55 Å². The van der Waals surface area contributed by atoms with Crippen LogP contribution in [0.15, 0.2) is 0 Å². The summed E-state index contributed by atoms with van der Waals surface area (Å²) in [7, 11) is -3.98. The first kappa shape index (κ1) is 11.9. The first-order valence-electron chi connectivity index (χ1n) is 3.55. The second-order valence-electron chi connectivity index (χ2n) is 2.75. The molecule has 3 nitrogen and oxygen atoms in total. The number of hydrogen-bond donors (Lipinski definition) is 0. The van der Waals surface area contributed by atoms with Crippen molar-refractivity contribution in [3.8, 4) is 0 Å². The van der Waals surface area contributed by atoms with Crippen LogP contribution >= 0.6 is 0 Å². The molecule has 0 atom stereocenters. The van der Waals surface area contributed by atoms with Gasteiger partial charge >= 0.3 is 29.6 Å². The van der Waals surface area contributed by atoms with E-state index in [0.717, 1.165) is 19.3 Å². The molecule has 0 aliphatic heterocycles. The van der Waals surface area contributed by atoms with E-state index in [9.17, 15) is 13.0 Å². The molecule has 0 spiro atoms. The Bertz CT molecular complexity index is 194. The monoisotopic (exact) mass is 186 g/mol. The molecule has 0 bridgehead atoms. The van der Waals surface area contributed by atoms with Crippen LogP contribution in [0.25, 0.3) is 0 Å². The van der Waals surface area contributed by atoms with Crippen molar-refractivity contribution in [1.82, 2.24) is 0 Å². The van der Waals surface area contributed by atoms with E-state index < -0.39 is 15.4 Å². The summed E-state index contributed by atoms with van der Waals surface area (Å²) in [5, 5.41) is -0.582. The summed E-state index contributed by atoms with van der Waals surface area (Å²) in [4.78, 5) is 0. The maximum Gasteiger partial charge on any atom is 1.00 e. The first-order valence-corrected chi connectivity index (χ1v) is 5.02. The summed E-state index contributed by atoms with van der Waals surface area (Å²) in [6, 6.07) is 0. The van der Waals surface area contributed by atoms with Gasteiger partial charge in [-0.3, -0.25) is 0 Å². The van der Waals surface area contributed by atoms with Crippen LogP contribution < -0.4 is 29.6 Å². The van der Waals surface area contributed by atoms with Crippen LogP contribution in [0, 0.1) is 0 Å². The Kier molecular flexibility index (Phi) is 5.22. The van der Waals surface area contributed by atoms with Gasteiger partial charge in [-0.2, -0.15) is 0 Å². The smallest absolute Gasteiger partial charge is 0.748 e. The van der Waals surface area contributed by atoms with Crippen molar-refractivity contribution >= 4 is 10.1 Å². The van der Waals surface area contributed by atoms with Gasteiger partial charge in [-0.15, -0.1) is 0 Å². The molecule has 1 saturated carbocycles. The number of rotatable bonds is 1. The molecule has 11 heavy (non-hydrogen) atoms. The molecule has 0 radical (unpaired) electrons. The van der Waals surface area contributed by atoms with E-state index in [0.29, 0.717) is 12.8 Å². The zero-order chi connectivity index (χ0) is 7.61. The number of hydrogen-bond acceptors (Lipinski definition) is 3. The summed E-state index contributed by atoms with van der Waals surface area (Å²) in [5.74, 6) is 0. The summed E-state index contributed by atoms with van der Waals surface area (Å²) >= 11 is 0. The summed E-state index contributed by atoms with van der Waals surface area (Å²) < 4.78 is 31.3. The average molecular weight is 186 g/mol. The second kappa shape index (κ2) is 4.82. The third-order valence-corrected chi connectivity index (χ3v) is 3.25. The van der Waals surface area contributed by atoms with Crippen LogP contribution in [0.4, 0.5) is 0 Å². The first-order chi connectivity index (χ1) is 4.61. The standard InChI is InChI=1S/C6H12O3S.Na/c7-10(8,9)6-4-2-1-3-5-6;/h6H,1-5H2,(H,7,8,9);/q;+1/p-1.